The van der Waals surface area contributed by atoms with Crippen LogP contribution in [0.25, 0.3) is 0 Å². The zero-order valence-electron chi connectivity index (χ0n) is 14.1. The molecule has 0 radical (unpaired) electrons. The van der Waals surface area contributed by atoms with Gasteiger partial charge < -0.3 is 15.0 Å². The van der Waals surface area contributed by atoms with Crippen molar-refractivity contribution in [3.05, 3.63) is 34.3 Å². The van der Waals surface area contributed by atoms with Crippen molar-refractivity contribution < 1.29 is 9.53 Å². The van der Waals surface area contributed by atoms with Crippen molar-refractivity contribution in [2.24, 2.45) is 10.9 Å². The van der Waals surface area contributed by atoms with Crippen LogP contribution in [0.5, 0.6) is 0 Å². The van der Waals surface area contributed by atoms with Crippen molar-refractivity contribution >= 4 is 51.8 Å². The third-order valence-electron chi connectivity index (χ3n) is 3.89. The van der Waals surface area contributed by atoms with Crippen molar-refractivity contribution in [2.75, 3.05) is 26.7 Å². The number of hydrogen-bond acceptors (Lipinski definition) is 3. The molecule has 1 aliphatic rings. The number of rotatable bonds is 4. The second-order valence-electron chi connectivity index (χ2n) is 5.57. The van der Waals surface area contributed by atoms with E-state index in [0.717, 1.165) is 29.8 Å². The van der Waals surface area contributed by atoms with Gasteiger partial charge in [0.1, 0.15) is 0 Å². The highest BCUT2D eigenvalue weighted by Gasteiger charge is 2.28. The molecule has 1 aromatic carbocycles. The van der Waals surface area contributed by atoms with Gasteiger partial charge in [-0.1, -0.05) is 28.1 Å². The van der Waals surface area contributed by atoms with Crippen LogP contribution < -0.4 is 5.32 Å². The predicted octanol–water partition coefficient (Wildman–Crippen LogP) is 3.42. The zero-order chi connectivity index (χ0) is 16.7. The van der Waals surface area contributed by atoms with Crippen molar-refractivity contribution in [1.82, 2.24) is 10.2 Å². The number of likely N-dealkylation sites (tertiary alicyclic amines) is 1. The highest BCUT2D eigenvalue weighted by atomic mass is 127. The molecule has 1 aromatic rings. The molecule has 1 atom stereocenters. The van der Waals surface area contributed by atoms with E-state index < -0.39 is 0 Å². The number of nitrogens with zero attached hydrogens (tertiary/aromatic N) is 2. The zero-order valence-corrected chi connectivity index (χ0v) is 18.0. The summed E-state index contributed by atoms with van der Waals surface area (Å²) in [6.07, 6.45) is 1.86. The number of hydrogen-bond donors (Lipinski definition) is 1. The monoisotopic (exact) mass is 509 g/mol. The average molecular weight is 510 g/mol. The van der Waals surface area contributed by atoms with Crippen LogP contribution in [0.1, 0.15) is 25.3 Å². The SMILES string of the molecule is CCOC(=O)C1CCCN(C(=NC)NCc2cccc(Br)c2)C1.I. The molecule has 1 aliphatic heterocycles. The highest BCUT2D eigenvalue weighted by molar-refractivity contribution is 14.0. The first kappa shape index (κ1) is 21.2. The maximum Gasteiger partial charge on any atom is 0.310 e. The molecule has 1 saturated heterocycles. The first-order valence-corrected chi connectivity index (χ1v) is 8.80. The van der Waals surface area contributed by atoms with Crippen LogP contribution in [0.3, 0.4) is 0 Å². The van der Waals surface area contributed by atoms with Crippen LogP contribution >= 0.6 is 39.9 Å². The van der Waals surface area contributed by atoms with E-state index in [9.17, 15) is 4.79 Å². The van der Waals surface area contributed by atoms with Gasteiger partial charge in [0.2, 0.25) is 0 Å². The summed E-state index contributed by atoms with van der Waals surface area (Å²) in [4.78, 5) is 18.5. The van der Waals surface area contributed by atoms with Crippen molar-refractivity contribution in [3.63, 3.8) is 0 Å². The molecule has 2 rings (SSSR count). The van der Waals surface area contributed by atoms with Crippen molar-refractivity contribution in [1.29, 1.82) is 0 Å². The van der Waals surface area contributed by atoms with E-state index in [1.807, 2.05) is 19.1 Å². The largest absolute Gasteiger partial charge is 0.466 e. The Morgan fingerprint density at radius 1 is 1.50 bits per heavy atom. The number of halogens is 2. The Morgan fingerprint density at radius 3 is 2.96 bits per heavy atom. The Hall–Kier alpha value is -0.830. The lowest BCUT2D eigenvalue weighted by molar-refractivity contribution is -0.149. The number of carbonyl (C=O) groups excluding carboxylic acids is 1. The summed E-state index contributed by atoms with van der Waals surface area (Å²) in [7, 11) is 1.78. The predicted molar refractivity (Wildman–Crippen MR) is 111 cm³/mol. The van der Waals surface area contributed by atoms with Crippen molar-refractivity contribution in [3.8, 4) is 0 Å². The first-order chi connectivity index (χ1) is 11.1. The van der Waals surface area contributed by atoms with Gasteiger partial charge in [-0.2, -0.15) is 0 Å². The molecule has 134 valence electrons. The Balaban J connectivity index is 0.00000288. The third-order valence-corrected chi connectivity index (χ3v) is 4.39. The number of carbonyl (C=O) groups is 1. The van der Waals surface area contributed by atoms with Crippen LogP contribution in [0.2, 0.25) is 0 Å². The summed E-state index contributed by atoms with van der Waals surface area (Å²) in [5.41, 5.74) is 1.18. The Labute approximate surface area is 169 Å². The quantitative estimate of drug-likeness (QED) is 0.292. The smallest absolute Gasteiger partial charge is 0.310 e. The van der Waals surface area contributed by atoms with E-state index in [1.54, 1.807) is 7.05 Å². The summed E-state index contributed by atoms with van der Waals surface area (Å²) in [6.45, 7) is 4.56. The lowest BCUT2D eigenvalue weighted by Gasteiger charge is -2.34. The van der Waals surface area contributed by atoms with Crippen LogP contribution in [0.4, 0.5) is 0 Å². The standard InChI is InChI=1S/C17H24BrN3O2.HI/c1-3-23-16(22)14-7-5-9-21(12-14)17(19-2)20-11-13-6-4-8-15(18)10-13;/h4,6,8,10,14H,3,5,7,9,11-12H2,1-2H3,(H,19,20);1H. The molecule has 0 bridgehead atoms. The molecule has 0 spiro atoms. The Kier molecular flexibility index (Phi) is 9.65. The minimum atomic E-state index is -0.0976. The first-order valence-electron chi connectivity index (χ1n) is 8.00. The summed E-state index contributed by atoms with van der Waals surface area (Å²) < 4.78 is 6.22. The molecule has 1 N–H and O–H groups in total. The van der Waals surface area contributed by atoms with Crippen LogP contribution in [-0.4, -0.2) is 43.6 Å². The fourth-order valence-electron chi connectivity index (χ4n) is 2.78. The molecule has 0 saturated carbocycles. The topological polar surface area (TPSA) is 53.9 Å². The summed E-state index contributed by atoms with van der Waals surface area (Å²) in [5, 5.41) is 3.38. The Bertz CT molecular complexity index is 569. The number of nitrogens with one attached hydrogen (secondary N) is 1. The molecular weight excluding hydrogens is 485 g/mol. The number of esters is 1. The highest BCUT2D eigenvalue weighted by Crippen LogP contribution is 2.18. The summed E-state index contributed by atoms with van der Waals surface area (Å²) >= 11 is 3.48. The van der Waals surface area contributed by atoms with Gasteiger partial charge in [-0.05, 0) is 37.5 Å². The second kappa shape index (κ2) is 10.9. The van der Waals surface area contributed by atoms with Crippen LogP contribution in [-0.2, 0) is 16.1 Å². The van der Waals surface area contributed by atoms with Gasteiger partial charge in [0.25, 0.3) is 0 Å². The fraction of sp³-hybridized carbons (Fsp3) is 0.529. The third kappa shape index (κ3) is 6.23. The van der Waals surface area contributed by atoms with E-state index in [0.29, 0.717) is 19.7 Å². The molecule has 7 heteroatoms. The molecule has 24 heavy (non-hydrogen) atoms. The van der Waals surface area contributed by atoms with Gasteiger partial charge in [-0.3, -0.25) is 9.79 Å². The molecule has 1 heterocycles. The van der Waals surface area contributed by atoms with Gasteiger partial charge in [-0.15, -0.1) is 24.0 Å². The lowest BCUT2D eigenvalue weighted by Crippen LogP contribution is -2.48. The van der Waals surface area contributed by atoms with E-state index in [4.69, 9.17) is 4.74 Å². The Morgan fingerprint density at radius 2 is 2.29 bits per heavy atom. The molecule has 1 unspecified atom stereocenters. The molecule has 0 amide bonds. The number of piperidine rings is 1. The molecule has 0 aliphatic carbocycles. The van der Waals surface area contributed by atoms with E-state index >= 15 is 0 Å². The normalized spacial score (nSPS) is 17.9. The van der Waals surface area contributed by atoms with E-state index in [2.05, 4.69) is 43.3 Å². The fourth-order valence-corrected chi connectivity index (χ4v) is 3.23. The van der Waals surface area contributed by atoms with Crippen LogP contribution in [0.15, 0.2) is 33.7 Å². The van der Waals surface area contributed by atoms with Gasteiger partial charge in [0.05, 0.1) is 12.5 Å². The maximum atomic E-state index is 12.0. The number of aliphatic imine (C=N–C) groups is 1. The number of guanidine groups is 1. The average Bonchev–Trinajstić information content (AvgIpc) is 2.56. The second-order valence-corrected chi connectivity index (χ2v) is 6.48. The minimum Gasteiger partial charge on any atom is -0.466 e. The number of ether oxygens (including phenoxy) is 1. The summed E-state index contributed by atoms with van der Waals surface area (Å²) in [5.74, 6) is 0.673. The van der Waals surface area contributed by atoms with Gasteiger partial charge in [0, 0.05) is 31.2 Å². The molecule has 0 aromatic heterocycles. The molecular formula is C17H25BrIN3O2. The maximum absolute atomic E-state index is 12.0. The lowest BCUT2D eigenvalue weighted by atomic mass is 9.98. The molecule has 5 nitrogen and oxygen atoms in total. The van der Waals surface area contributed by atoms with E-state index in [1.165, 1.54) is 5.56 Å². The van der Waals surface area contributed by atoms with E-state index in [-0.39, 0.29) is 35.9 Å². The summed E-state index contributed by atoms with van der Waals surface area (Å²) in [6, 6.07) is 8.18. The number of benzene rings is 1. The minimum absolute atomic E-state index is 0. The van der Waals surface area contributed by atoms with Gasteiger partial charge in [-0.25, -0.2) is 0 Å². The van der Waals surface area contributed by atoms with Gasteiger partial charge in [0.15, 0.2) is 5.96 Å². The molecule has 1 fully saturated rings. The van der Waals surface area contributed by atoms with Crippen molar-refractivity contribution in [2.45, 2.75) is 26.3 Å². The van der Waals surface area contributed by atoms with Gasteiger partial charge >= 0.3 is 5.97 Å². The van der Waals surface area contributed by atoms with Crippen LogP contribution in [0, 0.1) is 5.92 Å².